The smallest absolute Gasteiger partial charge is 0.311 e. The quantitative estimate of drug-likeness (QED) is 0.693. The van der Waals surface area contributed by atoms with Crippen molar-refractivity contribution in [3.63, 3.8) is 0 Å². The van der Waals surface area contributed by atoms with Gasteiger partial charge in [-0.25, -0.2) is 4.98 Å². The molecule has 0 saturated carbocycles. The maximum absolute atomic E-state index is 11.3. The van der Waals surface area contributed by atoms with E-state index in [0.717, 1.165) is 29.3 Å². The summed E-state index contributed by atoms with van der Waals surface area (Å²) in [5.74, 6) is 0. The Kier molecular flexibility index (Phi) is 3.70. The van der Waals surface area contributed by atoms with Crippen molar-refractivity contribution < 1.29 is 9.66 Å². The fourth-order valence-corrected chi connectivity index (χ4v) is 2.63. The molecule has 2 aromatic rings. The third kappa shape index (κ3) is 2.80. The molecule has 110 valence electrons. The van der Waals surface area contributed by atoms with Gasteiger partial charge in [0, 0.05) is 24.6 Å². The lowest BCUT2D eigenvalue weighted by Gasteiger charge is -2.24. The lowest BCUT2D eigenvalue weighted by atomic mass is 10.1. The standard InChI is InChI=1S/C15H17N3O3/c1-10-2-3-13-12(8-10)15(14(9-16-13)18(19)20)17-11-4-6-21-7-5-11/h2-3,8-9,11H,4-7H2,1H3,(H,16,17). The Morgan fingerprint density at radius 2 is 2.14 bits per heavy atom. The number of nitrogens with one attached hydrogen (secondary N) is 1. The number of pyridine rings is 1. The number of nitrogens with zero attached hydrogens (tertiary/aromatic N) is 2. The molecule has 1 aliphatic rings. The first kappa shape index (κ1) is 13.8. The van der Waals surface area contributed by atoms with E-state index in [-0.39, 0.29) is 16.7 Å². The van der Waals surface area contributed by atoms with Crippen LogP contribution in [0.25, 0.3) is 10.9 Å². The number of hydrogen-bond acceptors (Lipinski definition) is 5. The summed E-state index contributed by atoms with van der Waals surface area (Å²) < 4.78 is 5.34. The van der Waals surface area contributed by atoms with Gasteiger partial charge in [-0.3, -0.25) is 10.1 Å². The molecule has 0 radical (unpaired) electrons. The van der Waals surface area contributed by atoms with Gasteiger partial charge >= 0.3 is 5.69 Å². The van der Waals surface area contributed by atoms with Crippen LogP contribution in [0.3, 0.4) is 0 Å². The minimum atomic E-state index is -0.379. The monoisotopic (exact) mass is 287 g/mol. The van der Waals surface area contributed by atoms with Gasteiger partial charge in [-0.2, -0.15) is 0 Å². The number of aryl methyl sites for hydroxylation is 1. The summed E-state index contributed by atoms with van der Waals surface area (Å²) in [5.41, 5.74) is 2.42. The number of fused-ring (bicyclic) bond motifs is 1. The van der Waals surface area contributed by atoms with Crippen LogP contribution in [0, 0.1) is 17.0 Å². The Hall–Kier alpha value is -2.21. The first-order chi connectivity index (χ1) is 10.1. The summed E-state index contributed by atoms with van der Waals surface area (Å²) in [6, 6.07) is 5.99. The van der Waals surface area contributed by atoms with E-state index in [4.69, 9.17) is 4.74 Å². The minimum absolute atomic E-state index is 0.0274. The van der Waals surface area contributed by atoms with Crippen LogP contribution in [0.1, 0.15) is 18.4 Å². The van der Waals surface area contributed by atoms with Gasteiger partial charge in [0.1, 0.15) is 11.9 Å². The second-order valence-corrected chi connectivity index (χ2v) is 5.33. The molecular formula is C15H17N3O3. The lowest BCUT2D eigenvalue weighted by Crippen LogP contribution is -2.28. The number of benzene rings is 1. The largest absolute Gasteiger partial charge is 0.381 e. The zero-order valence-electron chi connectivity index (χ0n) is 11.8. The fraction of sp³-hybridized carbons (Fsp3) is 0.400. The molecule has 1 fully saturated rings. The maximum Gasteiger partial charge on any atom is 0.311 e. The highest BCUT2D eigenvalue weighted by Gasteiger charge is 2.22. The molecule has 0 aliphatic carbocycles. The van der Waals surface area contributed by atoms with Crippen LogP contribution in [0.2, 0.25) is 0 Å². The summed E-state index contributed by atoms with van der Waals surface area (Å²) >= 11 is 0. The first-order valence-corrected chi connectivity index (χ1v) is 7.03. The average molecular weight is 287 g/mol. The van der Waals surface area contributed by atoms with E-state index in [1.165, 1.54) is 6.20 Å². The Morgan fingerprint density at radius 1 is 1.38 bits per heavy atom. The third-order valence-electron chi connectivity index (χ3n) is 3.77. The van der Waals surface area contributed by atoms with Crippen LogP contribution in [0.5, 0.6) is 0 Å². The second-order valence-electron chi connectivity index (χ2n) is 5.33. The molecule has 21 heavy (non-hydrogen) atoms. The van der Waals surface area contributed by atoms with Crippen molar-refractivity contribution in [2.24, 2.45) is 0 Å². The number of anilines is 1. The van der Waals surface area contributed by atoms with Gasteiger partial charge < -0.3 is 10.1 Å². The van der Waals surface area contributed by atoms with Crippen molar-refractivity contribution in [3.05, 3.63) is 40.1 Å². The first-order valence-electron chi connectivity index (χ1n) is 7.03. The number of ether oxygens (including phenoxy) is 1. The SMILES string of the molecule is Cc1ccc2ncc([N+](=O)[O-])c(NC3CCOCC3)c2c1. The number of nitro groups is 1. The van der Waals surface area contributed by atoms with Gasteiger partial charge in [-0.1, -0.05) is 11.6 Å². The van der Waals surface area contributed by atoms with Crippen molar-refractivity contribution in [1.29, 1.82) is 0 Å². The molecule has 3 rings (SSSR count). The van der Waals surface area contributed by atoms with E-state index in [9.17, 15) is 10.1 Å². The zero-order valence-corrected chi connectivity index (χ0v) is 11.8. The van der Waals surface area contributed by atoms with E-state index < -0.39 is 0 Å². The highest BCUT2D eigenvalue weighted by atomic mass is 16.6. The second kappa shape index (κ2) is 5.65. The summed E-state index contributed by atoms with van der Waals surface area (Å²) in [6.45, 7) is 3.34. The predicted molar refractivity (Wildman–Crippen MR) is 80.6 cm³/mol. The van der Waals surface area contributed by atoms with Crippen LogP contribution < -0.4 is 5.32 Å². The van der Waals surface area contributed by atoms with Gasteiger partial charge in [-0.15, -0.1) is 0 Å². The van der Waals surface area contributed by atoms with E-state index in [1.807, 2.05) is 25.1 Å². The van der Waals surface area contributed by atoms with Crippen molar-refractivity contribution in [1.82, 2.24) is 4.98 Å². The molecule has 0 bridgehead atoms. The molecule has 2 heterocycles. The molecule has 1 aliphatic heterocycles. The summed E-state index contributed by atoms with van der Waals surface area (Å²) in [7, 11) is 0. The predicted octanol–water partition coefficient (Wildman–Crippen LogP) is 3.04. The summed E-state index contributed by atoms with van der Waals surface area (Å²) in [4.78, 5) is 15.1. The van der Waals surface area contributed by atoms with E-state index in [1.54, 1.807) is 0 Å². The topological polar surface area (TPSA) is 77.3 Å². The number of aromatic nitrogens is 1. The average Bonchev–Trinajstić information content (AvgIpc) is 2.48. The number of hydrogen-bond donors (Lipinski definition) is 1. The highest BCUT2D eigenvalue weighted by molar-refractivity contribution is 5.96. The van der Waals surface area contributed by atoms with Crippen LogP contribution in [0.4, 0.5) is 11.4 Å². The molecular weight excluding hydrogens is 270 g/mol. The molecule has 6 heteroatoms. The molecule has 0 unspecified atom stereocenters. The van der Waals surface area contributed by atoms with Gasteiger partial charge in [-0.05, 0) is 31.9 Å². The van der Waals surface area contributed by atoms with Crippen molar-refractivity contribution in [2.45, 2.75) is 25.8 Å². The van der Waals surface area contributed by atoms with Crippen LogP contribution >= 0.6 is 0 Å². The van der Waals surface area contributed by atoms with E-state index in [0.29, 0.717) is 18.9 Å². The Labute approximate surface area is 122 Å². The van der Waals surface area contributed by atoms with Gasteiger partial charge in [0.15, 0.2) is 0 Å². The molecule has 1 aromatic heterocycles. The van der Waals surface area contributed by atoms with E-state index in [2.05, 4.69) is 10.3 Å². The Morgan fingerprint density at radius 3 is 2.86 bits per heavy atom. The summed E-state index contributed by atoms with van der Waals surface area (Å²) in [6.07, 6.45) is 3.04. The molecule has 0 atom stereocenters. The zero-order chi connectivity index (χ0) is 14.8. The molecule has 0 spiro atoms. The minimum Gasteiger partial charge on any atom is -0.381 e. The fourth-order valence-electron chi connectivity index (χ4n) is 2.63. The highest BCUT2D eigenvalue weighted by Crippen LogP contribution is 2.33. The molecule has 1 N–H and O–H groups in total. The molecule has 0 amide bonds. The van der Waals surface area contributed by atoms with Crippen molar-refractivity contribution in [3.8, 4) is 0 Å². The van der Waals surface area contributed by atoms with Gasteiger partial charge in [0.05, 0.1) is 10.4 Å². The summed E-state index contributed by atoms with van der Waals surface area (Å²) in [5, 5.41) is 15.4. The molecule has 6 nitrogen and oxygen atoms in total. The van der Waals surface area contributed by atoms with Crippen LogP contribution in [0.15, 0.2) is 24.4 Å². The van der Waals surface area contributed by atoms with Gasteiger partial charge in [0.2, 0.25) is 0 Å². The van der Waals surface area contributed by atoms with Crippen LogP contribution in [-0.4, -0.2) is 29.2 Å². The van der Waals surface area contributed by atoms with Crippen molar-refractivity contribution >= 4 is 22.3 Å². The third-order valence-corrected chi connectivity index (χ3v) is 3.77. The van der Waals surface area contributed by atoms with Crippen LogP contribution in [-0.2, 0) is 4.74 Å². The Bertz CT molecular complexity index is 681. The maximum atomic E-state index is 11.3. The van der Waals surface area contributed by atoms with Crippen molar-refractivity contribution in [2.75, 3.05) is 18.5 Å². The lowest BCUT2D eigenvalue weighted by molar-refractivity contribution is -0.384. The van der Waals surface area contributed by atoms with E-state index >= 15 is 0 Å². The Balaban J connectivity index is 2.08. The molecule has 1 aromatic carbocycles. The normalized spacial score (nSPS) is 16.0. The molecule has 1 saturated heterocycles. The number of rotatable bonds is 3. The van der Waals surface area contributed by atoms with Gasteiger partial charge in [0.25, 0.3) is 0 Å².